The van der Waals surface area contributed by atoms with Crippen molar-refractivity contribution in [1.82, 2.24) is 4.98 Å². The van der Waals surface area contributed by atoms with E-state index in [0.29, 0.717) is 25.0 Å². The van der Waals surface area contributed by atoms with Crippen LogP contribution >= 0.6 is 24.0 Å². The molecule has 2 aromatic rings. The van der Waals surface area contributed by atoms with Crippen molar-refractivity contribution in [3.8, 4) is 11.6 Å². The van der Waals surface area contributed by atoms with Gasteiger partial charge in [-0.05, 0) is 36.2 Å². The zero-order chi connectivity index (χ0) is 16.5. The Morgan fingerprint density at radius 1 is 1.21 bits per heavy atom. The van der Waals surface area contributed by atoms with Crippen molar-refractivity contribution in [2.45, 2.75) is 19.9 Å². The van der Waals surface area contributed by atoms with Crippen molar-refractivity contribution in [2.24, 2.45) is 10.7 Å². The lowest BCUT2D eigenvalue weighted by atomic mass is 10.3. The normalized spacial score (nSPS) is 10.7. The fourth-order valence-electron chi connectivity index (χ4n) is 1.83. The molecule has 0 bridgehead atoms. The van der Waals surface area contributed by atoms with Gasteiger partial charge in [0.2, 0.25) is 5.88 Å². The number of halogens is 1. The quantitative estimate of drug-likeness (QED) is 0.390. The zero-order valence-corrected chi connectivity index (χ0v) is 16.2. The number of pyridine rings is 1. The third kappa shape index (κ3) is 6.61. The third-order valence-electron chi connectivity index (χ3n) is 3.05. The Labute approximate surface area is 159 Å². The Bertz CT molecular complexity index is 630. The number of aliphatic imine (C=N–C) groups is 1. The number of aromatic nitrogens is 1. The van der Waals surface area contributed by atoms with Crippen molar-refractivity contribution in [2.75, 3.05) is 19.0 Å². The molecule has 7 heteroatoms. The molecule has 2 rings (SSSR count). The van der Waals surface area contributed by atoms with Crippen molar-refractivity contribution in [3.63, 3.8) is 0 Å². The fraction of sp³-hybridized carbons (Fsp3) is 0.294. The van der Waals surface area contributed by atoms with E-state index in [9.17, 15) is 0 Å². The van der Waals surface area contributed by atoms with Gasteiger partial charge in [0, 0.05) is 18.0 Å². The maximum Gasteiger partial charge on any atom is 0.213 e. The summed E-state index contributed by atoms with van der Waals surface area (Å²) in [6, 6.07) is 11.2. The van der Waals surface area contributed by atoms with Gasteiger partial charge in [-0.2, -0.15) is 0 Å². The van der Waals surface area contributed by atoms with Crippen molar-refractivity contribution < 1.29 is 9.47 Å². The lowest BCUT2D eigenvalue weighted by Gasteiger charge is -2.07. The predicted molar refractivity (Wildman–Crippen MR) is 107 cm³/mol. The van der Waals surface area contributed by atoms with E-state index < -0.39 is 0 Å². The topological polar surface area (TPSA) is 81.8 Å². The zero-order valence-electron chi connectivity index (χ0n) is 13.9. The molecule has 24 heavy (non-hydrogen) atoms. The molecule has 1 aromatic heterocycles. The average Bonchev–Trinajstić information content (AvgIpc) is 2.59. The number of hydrogen-bond donors (Lipinski definition) is 2. The van der Waals surface area contributed by atoms with Gasteiger partial charge in [0.05, 0.1) is 20.3 Å². The monoisotopic (exact) mass is 442 g/mol. The molecule has 0 saturated carbocycles. The Morgan fingerprint density at radius 3 is 2.54 bits per heavy atom. The number of nitrogens with one attached hydrogen (secondary N) is 1. The second-order valence-corrected chi connectivity index (χ2v) is 4.91. The summed E-state index contributed by atoms with van der Waals surface area (Å²) in [5, 5.41) is 3.03. The molecule has 0 aliphatic carbocycles. The summed E-state index contributed by atoms with van der Waals surface area (Å²) >= 11 is 0. The van der Waals surface area contributed by atoms with E-state index in [0.717, 1.165) is 23.4 Å². The minimum Gasteiger partial charge on any atom is -0.497 e. The van der Waals surface area contributed by atoms with Gasteiger partial charge in [-0.3, -0.25) is 0 Å². The summed E-state index contributed by atoms with van der Waals surface area (Å²) in [7, 11) is 1.63. The first-order chi connectivity index (χ1) is 11.2. The number of rotatable bonds is 7. The van der Waals surface area contributed by atoms with Crippen LogP contribution in [0.1, 0.15) is 18.9 Å². The number of methoxy groups -OCH3 is 1. The van der Waals surface area contributed by atoms with E-state index in [4.69, 9.17) is 15.2 Å². The van der Waals surface area contributed by atoms with E-state index in [1.165, 1.54) is 0 Å². The number of nitrogens with two attached hydrogens (primary N) is 1. The Hall–Kier alpha value is -2.03. The minimum atomic E-state index is 0. The summed E-state index contributed by atoms with van der Waals surface area (Å²) in [6.45, 7) is 3.18. The highest BCUT2D eigenvalue weighted by Gasteiger charge is 1.99. The molecule has 0 spiro atoms. The molecule has 6 nitrogen and oxygen atoms in total. The van der Waals surface area contributed by atoms with Gasteiger partial charge in [0.1, 0.15) is 5.75 Å². The van der Waals surface area contributed by atoms with Gasteiger partial charge in [-0.1, -0.05) is 13.0 Å². The second kappa shape index (κ2) is 10.7. The lowest BCUT2D eigenvalue weighted by molar-refractivity contribution is 0.305. The van der Waals surface area contributed by atoms with Crippen LogP contribution in [0.25, 0.3) is 0 Å². The molecular weight excluding hydrogens is 419 g/mol. The summed E-state index contributed by atoms with van der Waals surface area (Å²) in [6.07, 6.45) is 2.70. The highest BCUT2D eigenvalue weighted by molar-refractivity contribution is 14.0. The molecule has 0 saturated heterocycles. The Balaban J connectivity index is 0.00000288. The molecule has 0 aliphatic rings. The number of guanidine groups is 1. The summed E-state index contributed by atoms with van der Waals surface area (Å²) < 4.78 is 10.5. The second-order valence-electron chi connectivity index (χ2n) is 4.91. The molecule has 130 valence electrons. The van der Waals surface area contributed by atoms with Crippen LogP contribution in [-0.2, 0) is 6.54 Å². The van der Waals surface area contributed by atoms with Crippen molar-refractivity contribution in [3.05, 3.63) is 48.2 Å². The van der Waals surface area contributed by atoms with Crippen LogP contribution in [0.4, 0.5) is 5.69 Å². The van der Waals surface area contributed by atoms with Crippen LogP contribution < -0.4 is 20.5 Å². The highest BCUT2D eigenvalue weighted by Crippen LogP contribution is 2.14. The predicted octanol–water partition coefficient (Wildman–Crippen LogP) is 3.42. The minimum absolute atomic E-state index is 0. The summed E-state index contributed by atoms with van der Waals surface area (Å²) in [4.78, 5) is 8.53. The van der Waals surface area contributed by atoms with Gasteiger partial charge >= 0.3 is 0 Å². The van der Waals surface area contributed by atoms with E-state index in [2.05, 4.69) is 22.2 Å². The smallest absolute Gasteiger partial charge is 0.213 e. The molecule has 0 amide bonds. The van der Waals surface area contributed by atoms with Gasteiger partial charge in [-0.25, -0.2) is 9.98 Å². The standard InChI is InChI=1S/C17H22N4O2.HI/c1-3-10-23-16-9-4-13(11-19-16)12-20-17(18)21-14-5-7-15(22-2)8-6-14;/h4-9,11H,3,10,12H2,1-2H3,(H3,18,20,21);1H. The highest BCUT2D eigenvalue weighted by atomic mass is 127. The maximum absolute atomic E-state index is 5.88. The van der Waals surface area contributed by atoms with Crippen LogP contribution in [0, 0.1) is 0 Å². The summed E-state index contributed by atoms with van der Waals surface area (Å²) in [5.41, 5.74) is 7.70. The maximum atomic E-state index is 5.88. The SMILES string of the molecule is CCCOc1ccc(CN=C(N)Nc2ccc(OC)cc2)cn1.I. The van der Waals surface area contributed by atoms with Gasteiger partial charge < -0.3 is 20.5 Å². The number of anilines is 1. The largest absolute Gasteiger partial charge is 0.497 e. The molecule has 0 unspecified atom stereocenters. The van der Waals surface area contributed by atoms with Crippen molar-refractivity contribution >= 4 is 35.6 Å². The van der Waals surface area contributed by atoms with Crippen LogP contribution in [0.3, 0.4) is 0 Å². The lowest BCUT2D eigenvalue weighted by Crippen LogP contribution is -2.22. The van der Waals surface area contributed by atoms with Crippen LogP contribution in [0.15, 0.2) is 47.6 Å². The van der Waals surface area contributed by atoms with Gasteiger partial charge in [0.25, 0.3) is 0 Å². The van der Waals surface area contributed by atoms with E-state index in [1.807, 2.05) is 36.4 Å². The molecule has 0 fully saturated rings. The first kappa shape index (κ1) is 20.0. The molecule has 3 N–H and O–H groups in total. The Kier molecular flexibility index (Phi) is 8.92. The van der Waals surface area contributed by atoms with Gasteiger partial charge in [0.15, 0.2) is 5.96 Å². The van der Waals surface area contributed by atoms with Crippen LogP contribution in [0.5, 0.6) is 11.6 Å². The van der Waals surface area contributed by atoms with Crippen molar-refractivity contribution in [1.29, 1.82) is 0 Å². The van der Waals surface area contributed by atoms with Crippen LogP contribution in [-0.4, -0.2) is 24.7 Å². The number of ether oxygens (including phenoxy) is 2. The first-order valence-electron chi connectivity index (χ1n) is 7.50. The number of nitrogens with zero attached hydrogens (tertiary/aromatic N) is 2. The van der Waals surface area contributed by atoms with Gasteiger partial charge in [-0.15, -0.1) is 24.0 Å². The van der Waals surface area contributed by atoms with Crippen LogP contribution in [0.2, 0.25) is 0 Å². The van der Waals surface area contributed by atoms with E-state index in [1.54, 1.807) is 13.3 Å². The number of benzene rings is 1. The third-order valence-corrected chi connectivity index (χ3v) is 3.05. The molecule has 0 atom stereocenters. The molecular formula is C17H23IN4O2. The first-order valence-corrected chi connectivity index (χ1v) is 7.50. The Morgan fingerprint density at radius 2 is 1.96 bits per heavy atom. The fourth-order valence-corrected chi connectivity index (χ4v) is 1.83. The molecule has 1 heterocycles. The number of hydrogen-bond acceptors (Lipinski definition) is 4. The van der Waals surface area contributed by atoms with E-state index in [-0.39, 0.29) is 24.0 Å². The summed E-state index contributed by atoms with van der Waals surface area (Å²) in [5.74, 6) is 1.77. The molecule has 1 aromatic carbocycles. The molecule has 0 radical (unpaired) electrons. The molecule has 0 aliphatic heterocycles. The van der Waals surface area contributed by atoms with E-state index >= 15 is 0 Å². The average molecular weight is 442 g/mol.